The van der Waals surface area contributed by atoms with Crippen LogP contribution in [0.3, 0.4) is 0 Å². The molecule has 3 aromatic rings. The Morgan fingerprint density at radius 1 is 0.917 bits per heavy atom. The van der Waals surface area contributed by atoms with Crippen LogP contribution in [-0.2, 0) is 4.79 Å². The number of hydrogen-bond acceptors (Lipinski definition) is 7. The fourth-order valence-electron chi connectivity index (χ4n) is 4.26. The van der Waals surface area contributed by atoms with Crippen LogP contribution in [0, 0.1) is 0 Å². The molecule has 8 nitrogen and oxygen atoms in total. The SMILES string of the molecule is C=C(CN1CCCN(c2ccccc2)CC1)Nc1cc(NCCNC(C)=O)nc(-c2ccccc2)n1. The van der Waals surface area contributed by atoms with E-state index in [1.165, 1.54) is 12.6 Å². The molecule has 0 spiro atoms. The van der Waals surface area contributed by atoms with Crippen molar-refractivity contribution in [2.45, 2.75) is 13.3 Å². The van der Waals surface area contributed by atoms with E-state index in [0.717, 1.165) is 50.4 Å². The summed E-state index contributed by atoms with van der Waals surface area (Å²) in [5.41, 5.74) is 3.11. The van der Waals surface area contributed by atoms with E-state index in [1.54, 1.807) is 0 Å². The fraction of sp³-hybridized carbons (Fsp3) is 0.321. The molecule has 4 rings (SSSR count). The summed E-state index contributed by atoms with van der Waals surface area (Å²) in [6, 6.07) is 22.4. The monoisotopic (exact) mass is 485 g/mol. The fourth-order valence-corrected chi connectivity index (χ4v) is 4.26. The minimum Gasteiger partial charge on any atom is -0.370 e. The maximum atomic E-state index is 11.2. The molecule has 1 aromatic heterocycles. The summed E-state index contributed by atoms with van der Waals surface area (Å²) in [5, 5.41) is 9.47. The molecule has 1 amide bonds. The van der Waals surface area contributed by atoms with E-state index >= 15 is 0 Å². The number of anilines is 3. The van der Waals surface area contributed by atoms with E-state index in [0.29, 0.717) is 30.5 Å². The van der Waals surface area contributed by atoms with Gasteiger partial charge in [-0.3, -0.25) is 9.69 Å². The van der Waals surface area contributed by atoms with Crippen molar-refractivity contribution in [1.29, 1.82) is 0 Å². The Balaban J connectivity index is 1.39. The van der Waals surface area contributed by atoms with Crippen molar-refractivity contribution in [3.05, 3.63) is 79.0 Å². The number of carbonyl (C=O) groups is 1. The maximum Gasteiger partial charge on any atom is 0.216 e. The van der Waals surface area contributed by atoms with Gasteiger partial charge in [0.15, 0.2) is 5.82 Å². The number of aromatic nitrogens is 2. The van der Waals surface area contributed by atoms with Gasteiger partial charge in [0.1, 0.15) is 11.6 Å². The molecule has 1 aliphatic rings. The molecule has 1 fully saturated rings. The Labute approximate surface area is 213 Å². The van der Waals surface area contributed by atoms with Gasteiger partial charge in [0, 0.05) is 75.8 Å². The topological polar surface area (TPSA) is 85.4 Å². The highest BCUT2D eigenvalue weighted by Gasteiger charge is 2.16. The predicted octanol–water partition coefficient (Wildman–Crippen LogP) is 3.83. The van der Waals surface area contributed by atoms with Gasteiger partial charge in [0.2, 0.25) is 5.91 Å². The summed E-state index contributed by atoms with van der Waals surface area (Å²) in [4.78, 5) is 25.5. The van der Waals surface area contributed by atoms with Crippen LogP contribution in [0.2, 0.25) is 0 Å². The molecule has 0 bridgehead atoms. The van der Waals surface area contributed by atoms with Crippen LogP contribution in [0.5, 0.6) is 0 Å². The normalized spacial score (nSPS) is 14.1. The summed E-state index contributed by atoms with van der Waals surface area (Å²) >= 11 is 0. The molecule has 0 saturated carbocycles. The first kappa shape index (κ1) is 25.2. The van der Waals surface area contributed by atoms with Crippen LogP contribution in [-0.4, -0.2) is 66.6 Å². The minimum absolute atomic E-state index is 0.0523. The molecular formula is C28H35N7O. The molecule has 1 saturated heterocycles. The van der Waals surface area contributed by atoms with Gasteiger partial charge in [-0.25, -0.2) is 9.97 Å². The largest absolute Gasteiger partial charge is 0.370 e. The number of para-hydroxylation sites is 1. The van der Waals surface area contributed by atoms with Crippen LogP contribution < -0.4 is 20.9 Å². The van der Waals surface area contributed by atoms with Gasteiger partial charge in [0.05, 0.1) is 0 Å². The third-order valence-corrected chi connectivity index (χ3v) is 5.99. The summed E-state index contributed by atoms with van der Waals surface area (Å²) in [6.45, 7) is 11.7. The molecule has 8 heteroatoms. The standard InChI is InChI=1S/C28H35N7O/c1-22(21-34-16-9-17-35(19-18-34)25-12-7-4-8-13-25)31-27-20-26(30-15-14-29-23(2)36)32-28(33-27)24-10-5-3-6-11-24/h3-8,10-13,20H,1,9,14-19,21H2,2H3,(H,29,36)(H2,30,31,32,33). The van der Waals surface area contributed by atoms with Crippen LogP contribution in [0.25, 0.3) is 11.4 Å². The molecular weight excluding hydrogens is 450 g/mol. The number of carbonyl (C=O) groups excluding carboxylic acids is 1. The van der Waals surface area contributed by atoms with Gasteiger partial charge in [-0.1, -0.05) is 55.1 Å². The van der Waals surface area contributed by atoms with Crippen molar-refractivity contribution in [3.63, 3.8) is 0 Å². The molecule has 0 atom stereocenters. The highest BCUT2D eigenvalue weighted by molar-refractivity contribution is 5.72. The van der Waals surface area contributed by atoms with Gasteiger partial charge in [-0.05, 0) is 18.6 Å². The second-order valence-electron chi connectivity index (χ2n) is 8.92. The molecule has 0 radical (unpaired) electrons. The average Bonchev–Trinajstić information content (AvgIpc) is 3.13. The second kappa shape index (κ2) is 12.7. The van der Waals surface area contributed by atoms with E-state index in [2.05, 4.69) is 67.6 Å². The lowest BCUT2D eigenvalue weighted by Gasteiger charge is -2.24. The molecule has 1 aliphatic heterocycles. The van der Waals surface area contributed by atoms with Crippen LogP contribution in [0.15, 0.2) is 79.0 Å². The Kier molecular flexibility index (Phi) is 8.88. The Morgan fingerprint density at radius 3 is 2.39 bits per heavy atom. The van der Waals surface area contributed by atoms with Crippen molar-refractivity contribution >= 4 is 23.2 Å². The van der Waals surface area contributed by atoms with E-state index in [1.807, 2.05) is 36.4 Å². The summed E-state index contributed by atoms with van der Waals surface area (Å²) in [5.74, 6) is 1.96. The number of hydrogen-bond donors (Lipinski definition) is 3. The lowest BCUT2D eigenvalue weighted by molar-refractivity contribution is -0.118. The van der Waals surface area contributed by atoms with E-state index < -0.39 is 0 Å². The summed E-state index contributed by atoms with van der Waals surface area (Å²) in [7, 11) is 0. The van der Waals surface area contributed by atoms with E-state index in [4.69, 9.17) is 4.98 Å². The second-order valence-corrected chi connectivity index (χ2v) is 8.92. The van der Waals surface area contributed by atoms with Crippen LogP contribution in [0.1, 0.15) is 13.3 Å². The Bertz CT molecular complexity index is 1140. The lowest BCUT2D eigenvalue weighted by atomic mass is 10.2. The molecule has 2 aromatic carbocycles. The number of benzene rings is 2. The van der Waals surface area contributed by atoms with Crippen molar-refractivity contribution in [2.24, 2.45) is 0 Å². The van der Waals surface area contributed by atoms with Gasteiger partial charge in [-0.2, -0.15) is 0 Å². The van der Waals surface area contributed by atoms with Crippen molar-refractivity contribution in [2.75, 3.05) is 61.3 Å². The molecule has 0 unspecified atom stereocenters. The van der Waals surface area contributed by atoms with Crippen LogP contribution in [0.4, 0.5) is 17.3 Å². The minimum atomic E-state index is -0.0523. The molecule has 36 heavy (non-hydrogen) atoms. The van der Waals surface area contributed by atoms with Gasteiger partial charge >= 0.3 is 0 Å². The highest BCUT2D eigenvalue weighted by atomic mass is 16.1. The van der Waals surface area contributed by atoms with Gasteiger partial charge in [0.25, 0.3) is 0 Å². The predicted molar refractivity (Wildman–Crippen MR) is 147 cm³/mol. The van der Waals surface area contributed by atoms with Crippen molar-refractivity contribution < 1.29 is 4.79 Å². The third-order valence-electron chi connectivity index (χ3n) is 5.99. The zero-order valence-corrected chi connectivity index (χ0v) is 20.9. The van der Waals surface area contributed by atoms with Crippen LogP contribution >= 0.6 is 0 Å². The quantitative estimate of drug-likeness (QED) is 0.376. The smallest absolute Gasteiger partial charge is 0.216 e. The van der Waals surface area contributed by atoms with E-state index in [9.17, 15) is 4.79 Å². The van der Waals surface area contributed by atoms with Gasteiger partial charge in [-0.15, -0.1) is 0 Å². The molecule has 2 heterocycles. The molecule has 3 N–H and O–H groups in total. The molecule has 0 aliphatic carbocycles. The third kappa shape index (κ3) is 7.55. The number of amides is 1. The number of rotatable bonds is 10. The Morgan fingerprint density at radius 2 is 1.64 bits per heavy atom. The first-order valence-corrected chi connectivity index (χ1v) is 12.5. The first-order chi connectivity index (χ1) is 17.6. The summed E-state index contributed by atoms with van der Waals surface area (Å²) < 4.78 is 0. The zero-order chi connectivity index (χ0) is 25.2. The summed E-state index contributed by atoms with van der Waals surface area (Å²) in [6.07, 6.45) is 1.11. The molecule has 188 valence electrons. The maximum absolute atomic E-state index is 11.2. The van der Waals surface area contributed by atoms with Gasteiger partial charge < -0.3 is 20.9 Å². The lowest BCUT2D eigenvalue weighted by Crippen LogP contribution is -2.32. The number of nitrogens with one attached hydrogen (secondary N) is 3. The number of nitrogens with zero attached hydrogens (tertiary/aromatic N) is 4. The zero-order valence-electron chi connectivity index (χ0n) is 20.9. The highest BCUT2D eigenvalue weighted by Crippen LogP contribution is 2.21. The first-order valence-electron chi connectivity index (χ1n) is 12.5. The Hall–Kier alpha value is -3.91. The van der Waals surface area contributed by atoms with Crippen molar-refractivity contribution in [1.82, 2.24) is 20.2 Å². The van der Waals surface area contributed by atoms with Crippen molar-refractivity contribution in [3.8, 4) is 11.4 Å². The van der Waals surface area contributed by atoms with E-state index in [-0.39, 0.29) is 5.91 Å². The average molecular weight is 486 g/mol.